The van der Waals surface area contributed by atoms with E-state index in [0.717, 1.165) is 19.4 Å². The van der Waals surface area contributed by atoms with Crippen molar-refractivity contribution in [3.8, 4) is 0 Å². The van der Waals surface area contributed by atoms with Crippen LogP contribution in [-0.4, -0.2) is 31.5 Å². The summed E-state index contributed by atoms with van der Waals surface area (Å²) in [7, 11) is 0. The molecule has 0 atom stereocenters. The molecule has 0 bridgehead atoms. The van der Waals surface area contributed by atoms with Crippen LogP contribution < -0.4 is 5.32 Å². The van der Waals surface area contributed by atoms with E-state index in [0.29, 0.717) is 6.42 Å². The molecule has 0 aliphatic heterocycles. The predicted octanol–water partition coefficient (Wildman–Crippen LogP) is 3.12. The lowest BCUT2D eigenvalue weighted by Gasteiger charge is -2.25. The van der Waals surface area contributed by atoms with Crippen LogP contribution in [-0.2, 0) is 4.74 Å². The number of nitrogens with one attached hydrogen (secondary N) is 1. The van der Waals surface area contributed by atoms with Crippen LogP contribution in [0.2, 0.25) is 0 Å². The SMILES string of the molecule is CC(C)(C)NCC1(CCOCC(F)(F)F)CC1. The van der Waals surface area contributed by atoms with Crippen molar-refractivity contribution in [3.05, 3.63) is 0 Å². The molecule has 0 spiro atoms. The fraction of sp³-hybridized carbons (Fsp3) is 1.00. The molecule has 1 saturated carbocycles. The minimum Gasteiger partial charge on any atom is -0.372 e. The third-order valence-corrected chi connectivity index (χ3v) is 2.99. The minimum atomic E-state index is -4.21. The molecule has 102 valence electrons. The molecule has 1 fully saturated rings. The summed E-state index contributed by atoms with van der Waals surface area (Å²) in [6, 6.07) is 0. The average molecular weight is 253 g/mol. The molecule has 0 aromatic rings. The van der Waals surface area contributed by atoms with Crippen LogP contribution in [0.1, 0.15) is 40.0 Å². The molecule has 0 saturated heterocycles. The predicted molar refractivity (Wildman–Crippen MR) is 60.9 cm³/mol. The summed E-state index contributed by atoms with van der Waals surface area (Å²) in [5, 5.41) is 3.40. The summed E-state index contributed by atoms with van der Waals surface area (Å²) in [5.74, 6) is 0. The molecule has 0 radical (unpaired) electrons. The zero-order valence-electron chi connectivity index (χ0n) is 10.8. The van der Waals surface area contributed by atoms with Gasteiger partial charge in [-0.1, -0.05) is 0 Å². The minimum absolute atomic E-state index is 0.0580. The highest BCUT2D eigenvalue weighted by Gasteiger charge is 2.42. The van der Waals surface area contributed by atoms with Crippen LogP contribution in [0.4, 0.5) is 13.2 Å². The molecule has 0 amide bonds. The van der Waals surface area contributed by atoms with Crippen molar-refractivity contribution < 1.29 is 17.9 Å². The number of alkyl halides is 3. The highest BCUT2D eigenvalue weighted by atomic mass is 19.4. The Morgan fingerprint density at radius 2 is 1.76 bits per heavy atom. The van der Waals surface area contributed by atoms with Crippen LogP contribution in [0.5, 0.6) is 0 Å². The monoisotopic (exact) mass is 253 g/mol. The van der Waals surface area contributed by atoms with Crippen LogP contribution in [0.25, 0.3) is 0 Å². The van der Waals surface area contributed by atoms with Crippen molar-refractivity contribution in [1.82, 2.24) is 5.32 Å². The number of ether oxygens (including phenoxy) is 1. The quantitative estimate of drug-likeness (QED) is 0.734. The van der Waals surface area contributed by atoms with Gasteiger partial charge in [0.15, 0.2) is 0 Å². The van der Waals surface area contributed by atoms with E-state index in [4.69, 9.17) is 0 Å². The summed E-state index contributed by atoms with van der Waals surface area (Å²) in [5.41, 5.74) is 0.237. The van der Waals surface area contributed by atoms with Gasteiger partial charge < -0.3 is 10.1 Å². The summed E-state index contributed by atoms with van der Waals surface area (Å²) in [6.45, 7) is 6.20. The van der Waals surface area contributed by atoms with Crippen molar-refractivity contribution in [2.45, 2.75) is 51.7 Å². The fourth-order valence-corrected chi connectivity index (χ4v) is 1.62. The first-order valence-corrected chi connectivity index (χ1v) is 6.02. The Morgan fingerprint density at radius 3 is 2.18 bits per heavy atom. The van der Waals surface area contributed by atoms with Gasteiger partial charge in [-0.15, -0.1) is 0 Å². The van der Waals surface area contributed by atoms with Gasteiger partial charge in [-0.25, -0.2) is 0 Å². The van der Waals surface area contributed by atoms with Crippen LogP contribution in [0.15, 0.2) is 0 Å². The van der Waals surface area contributed by atoms with Gasteiger partial charge in [0, 0.05) is 18.7 Å². The van der Waals surface area contributed by atoms with Crippen LogP contribution >= 0.6 is 0 Å². The third-order valence-electron chi connectivity index (χ3n) is 2.99. The third kappa shape index (κ3) is 6.88. The number of hydrogen-bond donors (Lipinski definition) is 1. The fourth-order valence-electron chi connectivity index (χ4n) is 1.62. The smallest absolute Gasteiger partial charge is 0.372 e. The van der Waals surface area contributed by atoms with Crippen molar-refractivity contribution in [2.75, 3.05) is 19.8 Å². The topological polar surface area (TPSA) is 21.3 Å². The molecule has 1 aliphatic rings. The lowest BCUT2D eigenvalue weighted by molar-refractivity contribution is -0.174. The van der Waals surface area contributed by atoms with Gasteiger partial charge in [0.1, 0.15) is 6.61 Å². The van der Waals surface area contributed by atoms with E-state index in [1.807, 2.05) is 0 Å². The second-order valence-electron chi connectivity index (χ2n) is 6.02. The van der Waals surface area contributed by atoms with Gasteiger partial charge in [0.25, 0.3) is 0 Å². The number of halogens is 3. The van der Waals surface area contributed by atoms with Gasteiger partial charge in [0.2, 0.25) is 0 Å². The Kier molecular flexibility index (Phi) is 4.47. The highest BCUT2D eigenvalue weighted by molar-refractivity contribution is 4.96. The first kappa shape index (κ1) is 14.8. The molecule has 0 unspecified atom stereocenters. The van der Waals surface area contributed by atoms with Gasteiger partial charge >= 0.3 is 6.18 Å². The van der Waals surface area contributed by atoms with E-state index in [-0.39, 0.29) is 17.6 Å². The molecule has 1 aliphatic carbocycles. The maximum Gasteiger partial charge on any atom is 0.411 e. The van der Waals surface area contributed by atoms with Crippen molar-refractivity contribution in [1.29, 1.82) is 0 Å². The summed E-state index contributed by atoms with van der Waals surface area (Å²) in [4.78, 5) is 0. The first-order chi connectivity index (χ1) is 7.62. The van der Waals surface area contributed by atoms with Crippen molar-refractivity contribution >= 4 is 0 Å². The molecule has 5 heteroatoms. The average Bonchev–Trinajstić information content (AvgIpc) is 2.88. The lowest BCUT2D eigenvalue weighted by Crippen LogP contribution is -2.40. The summed E-state index contributed by atoms with van der Waals surface area (Å²) >= 11 is 0. The molecular weight excluding hydrogens is 231 g/mol. The van der Waals surface area contributed by atoms with Crippen LogP contribution in [0, 0.1) is 5.41 Å². The summed E-state index contributed by atoms with van der Waals surface area (Å²) in [6.07, 6.45) is -1.32. The number of rotatable bonds is 6. The molecule has 2 nitrogen and oxygen atoms in total. The summed E-state index contributed by atoms with van der Waals surface area (Å²) < 4.78 is 40.2. The Balaban J connectivity index is 2.14. The Hall–Kier alpha value is -0.290. The Labute approximate surface area is 101 Å². The maximum atomic E-state index is 11.9. The normalized spacial score (nSPS) is 19.4. The van der Waals surface area contributed by atoms with Gasteiger partial charge in [0.05, 0.1) is 0 Å². The van der Waals surface area contributed by atoms with Crippen LogP contribution in [0.3, 0.4) is 0 Å². The molecule has 17 heavy (non-hydrogen) atoms. The van der Waals surface area contributed by atoms with E-state index in [9.17, 15) is 13.2 Å². The Morgan fingerprint density at radius 1 is 1.18 bits per heavy atom. The lowest BCUT2D eigenvalue weighted by atomic mass is 10.0. The van der Waals surface area contributed by atoms with E-state index in [2.05, 4.69) is 30.8 Å². The maximum absolute atomic E-state index is 11.9. The van der Waals surface area contributed by atoms with E-state index >= 15 is 0 Å². The Bertz CT molecular complexity index is 241. The van der Waals surface area contributed by atoms with E-state index < -0.39 is 12.8 Å². The van der Waals surface area contributed by atoms with E-state index in [1.165, 1.54) is 0 Å². The molecule has 1 rings (SSSR count). The molecule has 0 heterocycles. The second kappa shape index (κ2) is 5.14. The highest BCUT2D eigenvalue weighted by Crippen LogP contribution is 2.48. The largest absolute Gasteiger partial charge is 0.411 e. The number of hydrogen-bond acceptors (Lipinski definition) is 2. The van der Waals surface area contributed by atoms with Gasteiger partial charge in [-0.2, -0.15) is 13.2 Å². The van der Waals surface area contributed by atoms with Crippen molar-refractivity contribution in [2.24, 2.45) is 5.41 Å². The second-order valence-corrected chi connectivity index (χ2v) is 6.02. The molecule has 0 aromatic carbocycles. The molecule has 1 N–H and O–H groups in total. The zero-order valence-corrected chi connectivity index (χ0v) is 10.8. The van der Waals surface area contributed by atoms with E-state index in [1.54, 1.807) is 0 Å². The molecule has 0 aromatic heterocycles. The van der Waals surface area contributed by atoms with Crippen molar-refractivity contribution in [3.63, 3.8) is 0 Å². The zero-order chi connectivity index (χ0) is 13.2. The molecular formula is C12H22F3NO. The standard InChI is InChI=1S/C12H22F3NO/c1-10(2,3)16-8-11(4-5-11)6-7-17-9-12(13,14)15/h16H,4-9H2,1-3H3. The first-order valence-electron chi connectivity index (χ1n) is 6.02. The van der Waals surface area contributed by atoms with Gasteiger partial charge in [-0.05, 0) is 45.4 Å². The van der Waals surface area contributed by atoms with Gasteiger partial charge in [-0.3, -0.25) is 0 Å².